The number of hydrogen-bond acceptors (Lipinski definition) is 3. The van der Waals surface area contributed by atoms with Crippen LogP contribution in [0, 0.1) is 12.7 Å². The second-order valence-corrected chi connectivity index (χ2v) is 3.92. The zero-order chi connectivity index (χ0) is 12.6. The van der Waals surface area contributed by atoms with Gasteiger partial charge in [-0.1, -0.05) is 11.6 Å². The smallest absolute Gasteiger partial charge is 0.340 e. The van der Waals surface area contributed by atoms with E-state index in [1.807, 2.05) is 0 Å². The van der Waals surface area contributed by atoms with Crippen LogP contribution in [0.3, 0.4) is 0 Å². The molecule has 0 aliphatic rings. The number of methoxy groups -OCH3 is 1. The fourth-order valence-corrected chi connectivity index (χ4v) is 1.88. The number of nitrogens with zero attached hydrogens (tertiary/aromatic N) is 1. The molecular weight excluding hydrogens is 245 g/mol. The third-order valence-corrected chi connectivity index (χ3v) is 2.97. The molecule has 0 bridgehead atoms. The summed E-state index contributed by atoms with van der Waals surface area (Å²) >= 11 is 6.08. The summed E-state index contributed by atoms with van der Waals surface area (Å²) in [5.74, 6) is -0.918. The van der Waals surface area contributed by atoms with Gasteiger partial charge in [0.1, 0.15) is 5.82 Å². The molecule has 0 saturated heterocycles. The number of aryl methyl sites for hydroxylation is 1. The largest absolute Gasteiger partial charge is 0.465 e. The molecule has 1 aromatic heterocycles. The van der Waals surface area contributed by atoms with Crippen LogP contribution in [-0.4, -0.2) is 18.1 Å². The maximum atomic E-state index is 13.3. The highest BCUT2D eigenvalue weighted by Gasteiger charge is 2.16. The average molecular weight is 254 g/mol. The summed E-state index contributed by atoms with van der Waals surface area (Å²) in [7, 11) is 1.26. The van der Waals surface area contributed by atoms with Gasteiger partial charge in [-0.25, -0.2) is 9.18 Å². The lowest BCUT2D eigenvalue weighted by molar-refractivity contribution is 0.0600. The predicted octanol–water partition coefficient (Wildman–Crippen LogP) is 3.12. The fraction of sp³-hybridized carbons (Fsp3) is 0.167. The first-order valence-corrected chi connectivity index (χ1v) is 5.25. The van der Waals surface area contributed by atoms with Gasteiger partial charge in [-0.05, 0) is 19.1 Å². The quantitative estimate of drug-likeness (QED) is 0.733. The summed E-state index contributed by atoms with van der Waals surface area (Å²) in [6.45, 7) is 1.61. The number of carbonyl (C=O) groups excluding carboxylic acids is 1. The van der Waals surface area contributed by atoms with Crippen LogP contribution in [-0.2, 0) is 4.74 Å². The van der Waals surface area contributed by atoms with Crippen molar-refractivity contribution in [2.75, 3.05) is 7.11 Å². The number of pyridine rings is 1. The van der Waals surface area contributed by atoms with Crippen LogP contribution in [0.5, 0.6) is 0 Å². The summed E-state index contributed by atoms with van der Waals surface area (Å²) in [4.78, 5) is 15.5. The minimum Gasteiger partial charge on any atom is -0.465 e. The Hall–Kier alpha value is -1.68. The van der Waals surface area contributed by atoms with E-state index in [0.29, 0.717) is 16.5 Å². The molecule has 0 radical (unpaired) electrons. The Morgan fingerprint density at radius 1 is 1.47 bits per heavy atom. The van der Waals surface area contributed by atoms with E-state index in [1.54, 1.807) is 6.92 Å². The molecule has 0 aliphatic carbocycles. The van der Waals surface area contributed by atoms with Gasteiger partial charge in [0, 0.05) is 17.1 Å². The highest BCUT2D eigenvalue weighted by atomic mass is 35.5. The number of benzene rings is 1. The molecule has 0 N–H and O–H groups in total. The number of halogens is 2. The number of carbonyl (C=O) groups is 1. The van der Waals surface area contributed by atoms with Gasteiger partial charge in [0.15, 0.2) is 0 Å². The normalized spacial score (nSPS) is 10.6. The van der Waals surface area contributed by atoms with Crippen molar-refractivity contribution in [3.63, 3.8) is 0 Å². The zero-order valence-corrected chi connectivity index (χ0v) is 10.0. The highest BCUT2D eigenvalue weighted by Crippen LogP contribution is 2.28. The van der Waals surface area contributed by atoms with Gasteiger partial charge in [-0.3, -0.25) is 4.98 Å². The van der Waals surface area contributed by atoms with Crippen LogP contribution in [0.15, 0.2) is 18.3 Å². The van der Waals surface area contributed by atoms with E-state index in [4.69, 9.17) is 11.6 Å². The standard InChI is InChI=1S/C12H9ClFNO2/c1-6-9(14)4-3-7-10(13)8(12(16)17-2)5-15-11(6)7/h3-5H,1-2H3. The summed E-state index contributed by atoms with van der Waals surface area (Å²) in [6, 6.07) is 2.80. The molecule has 2 aromatic rings. The first kappa shape index (κ1) is 11.8. The Labute approximate surface area is 102 Å². The highest BCUT2D eigenvalue weighted by molar-refractivity contribution is 6.38. The monoisotopic (exact) mass is 253 g/mol. The van der Waals surface area contributed by atoms with E-state index >= 15 is 0 Å². The number of rotatable bonds is 1. The molecule has 1 aromatic carbocycles. The lowest BCUT2D eigenvalue weighted by Crippen LogP contribution is -2.03. The van der Waals surface area contributed by atoms with Crippen molar-refractivity contribution in [3.8, 4) is 0 Å². The first-order chi connectivity index (χ1) is 8.06. The van der Waals surface area contributed by atoms with Crippen molar-refractivity contribution in [2.45, 2.75) is 6.92 Å². The van der Waals surface area contributed by atoms with Crippen molar-refractivity contribution in [1.82, 2.24) is 4.98 Å². The molecule has 3 nitrogen and oxygen atoms in total. The SMILES string of the molecule is COC(=O)c1cnc2c(C)c(F)ccc2c1Cl. The Morgan fingerprint density at radius 3 is 2.82 bits per heavy atom. The number of aromatic nitrogens is 1. The number of hydrogen-bond donors (Lipinski definition) is 0. The molecule has 0 aliphatic heterocycles. The van der Waals surface area contributed by atoms with Gasteiger partial charge in [-0.15, -0.1) is 0 Å². The molecule has 0 atom stereocenters. The summed E-state index contributed by atoms with van der Waals surface area (Å²) in [6.07, 6.45) is 1.29. The fourth-order valence-electron chi connectivity index (χ4n) is 1.60. The molecule has 5 heteroatoms. The summed E-state index contributed by atoms with van der Waals surface area (Å²) < 4.78 is 17.9. The molecule has 0 saturated carbocycles. The molecule has 88 valence electrons. The van der Waals surface area contributed by atoms with Crippen molar-refractivity contribution < 1.29 is 13.9 Å². The maximum Gasteiger partial charge on any atom is 0.340 e. The van der Waals surface area contributed by atoms with Crippen LogP contribution in [0.2, 0.25) is 5.02 Å². The maximum absolute atomic E-state index is 13.3. The number of esters is 1. The van der Waals surface area contributed by atoms with Crippen molar-refractivity contribution >= 4 is 28.5 Å². The molecule has 17 heavy (non-hydrogen) atoms. The lowest BCUT2D eigenvalue weighted by atomic mass is 10.1. The van der Waals surface area contributed by atoms with Gasteiger partial charge in [-0.2, -0.15) is 0 Å². The summed E-state index contributed by atoms with van der Waals surface area (Å²) in [5.41, 5.74) is 1.02. The van der Waals surface area contributed by atoms with Gasteiger partial charge >= 0.3 is 5.97 Å². The van der Waals surface area contributed by atoms with Gasteiger partial charge in [0.05, 0.1) is 23.2 Å². The molecule has 0 fully saturated rings. The molecule has 0 spiro atoms. The van der Waals surface area contributed by atoms with Crippen molar-refractivity contribution in [1.29, 1.82) is 0 Å². The Kier molecular flexibility index (Phi) is 2.98. The minimum atomic E-state index is -0.564. The van der Waals surface area contributed by atoms with E-state index in [1.165, 1.54) is 25.4 Å². The van der Waals surface area contributed by atoms with E-state index < -0.39 is 5.97 Å². The Morgan fingerprint density at radius 2 is 2.18 bits per heavy atom. The van der Waals surface area contributed by atoms with Gasteiger partial charge in [0.25, 0.3) is 0 Å². The average Bonchev–Trinajstić information content (AvgIpc) is 2.33. The van der Waals surface area contributed by atoms with Gasteiger partial charge < -0.3 is 4.74 Å². The van der Waals surface area contributed by atoms with E-state index in [9.17, 15) is 9.18 Å². The van der Waals surface area contributed by atoms with Crippen LogP contribution >= 0.6 is 11.6 Å². The van der Waals surface area contributed by atoms with E-state index in [0.717, 1.165) is 0 Å². The van der Waals surface area contributed by atoms with Crippen LogP contribution < -0.4 is 0 Å². The predicted molar refractivity (Wildman–Crippen MR) is 62.8 cm³/mol. The third kappa shape index (κ3) is 1.85. The Bertz CT molecular complexity index is 613. The summed E-state index contributed by atoms with van der Waals surface area (Å²) in [5, 5.41) is 0.762. The number of fused-ring (bicyclic) bond motifs is 1. The van der Waals surface area contributed by atoms with E-state index in [2.05, 4.69) is 9.72 Å². The number of ether oxygens (including phenoxy) is 1. The third-order valence-electron chi connectivity index (χ3n) is 2.57. The molecule has 0 unspecified atom stereocenters. The van der Waals surface area contributed by atoms with Crippen molar-refractivity contribution in [2.24, 2.45) is 0 Å². The van der Waals surface area contributed by atoms with E-state index in [-0.39, 0.29) is 16.4 Å². The lowest BCUT2D eigenvalue weighted by Gasteiger charge is -2.07. The Balaban J connectivity index is 2.77. The van der Waals surface area contributed by atoms with Crippen LogP contribution in [0.25, 0.3) is 10.9 Å². The van der Waals surface area contributed by atoms with Gasteiger partial charge in [0.2, 0.25) is 0 Å². The molecular formula is C12H9ClFNO2. The minimum absolute atomic E-state index is 0.174. The van der Waals surface area contributed by atoms with Crippen LogP contribution in [0.4, 0.5) is 4.39 Å². The van der Waals surface area contributed by atoms with Crippen molar-refractivity contribution in [3.05, 3.63) is 40.3 Å². The van der Waals surface area contributed by atoms with Crippen LogP contribution in [0.1, 0.15) is 15.9 Å². The molecule has 0 amide bonds. The second-order valence-electron chi connectivity index (χ2n) is 3.55. The zero-order valence-electron chi connectivity index (χ0n) is 9.25. The molecule has 1 heterocycles. The second kappa shape index (κ2) is 4.30. The topological polar surface area (TPSA) is 39.2 Å². The first-order valence-electron chi connectivity index (χ1n) is 4.88. The molecule has 2 rings (SSSR count).